The zero-order chi connectivity index (χ0) is 24.2. The van der Waals surface area contributed by atoms with E-state index >= 15 is 0 Å². The van der Waals surface area contributed by atoms with Gasteiger partial charge in [0.15, 0.2) is 0 Å². The number of carbonyl (C=O) groups is 1. The number of carbonyl (C=O) groups excluding carboxylic acids is 1. The van der Waals surface area contributed by atoms with Crippen LogP contribution < -0.4 is 9.04 Å². The summed E-state index contributed by atoms with van der Waals surface area (Å²) in [6.45, 7) is 8.41. The quantitative estimate of drug-likeness (QED) is 0.485. The first-order valence-corrected chi connectivity index (χ1v) is 12.8. The van der Waals surface area contributed by atoms with Crippen LogP contribution in [0.2, 0.25) is 0 Å². The molecule has 0 amide bonds. The summed E-state index contributed by atoms with van der Waals surface area (Å²) in [5, 5.41) is 0. The maximum atomic E-state index is 13.7. The number of allylic oxidation sites excluding steroid dienone is 1. The molecule has 2 aromatic carbocycles. The molecule has 1 aliphatic rings. The van der Waals surface area contributed by atoms with E-state index in [9.17, 15) is 13.2 Å². The molecule has 7 heteroatoms. The van der Waals surface area contributed by atoms with Gasteiger partial charge in [-0.25, -0.2) is 8.42 Å². The third-order valence-corrected chi connectivity index (χ3v) is 7.67. The number of hydrogen-bond acceptors (Lipinski definition) is 5. The van der Waals surface area contributed by atoms with Crippen molar-refractivity contribution in [2.45, 2.75) is 58.0 Å². The topological polar surface area (TPSA) is 72.9 Å². The Balaban J connectivity index is 2.06. The number of nitrogens with zero attached hydrogens (tertiary/aromatic N) is 1. The van der Waals surface area contributed by atoms with Gasteiger partial charge in [-0.2, -0.15) is 0 Å². The number of rotatable bonds is 8. The minimum Gasteiger partial charge on any atom is -0.486 e. The molecule has 33 heavy (non-hydrogen) atoms. The van der Waals surface area contributed by atoms with Crippen molar-refractivity contribution in [1.29, 1.82) is 0 Å². The maximum Gasteiger partial charge on any atom is 0.305 e. The molecule has 1 aliphatic heterocycles. The smallest absolute Gasteiger partial charge is 0.305 e. The van der Waals surface area contributed by atoms with Crippen molar-refractivity contribution in [2.75, 3.05) is 18.0 Å². The van der Waals surface area contributed by atoms with Crippen LogP contribution in [0.1, 0.15) is 51.2 Å². The van der Waals surface area contributed by atoms with E-state index in [1.165, 1.54) is 17.0 Å². The van der Waals surface area contributed by atoms with Crippen molar-refractivity contribution < 1.29 is 22.7 Å². The molecule has 6 nitrogen and oxygen atoms in total. The highest BCUT2D eigenvalue weighted by Crippen LogP contribution is 2.39. The second kappa shape index (κ2) is 10.4. The highest BCUT2D eigenvalue weighted by Gasteiger charge is 2.35. The van der Waals surface area contributed by atoms with Gasteiger partial charge in [0.1, 0.15) is 11.9 Å². The van der Waals surface area contributed by atoms with E-state index in [2.05, 4.69) is 26.8 Å². The van der Waals surface area contributed by atoms with Crippen molar-refractivity contribution in [1.82, 2.24) is 0 Å². The molecule has 0 bridgehead atoms. The summed E-state index contributed by atoms with van der Waals surface area (Å²) in [5.74, 6) is 0.544. The van der Waals surface area contributed by atoms with Crippen molar-refractivity contribution in [3.8, 4) is 5.75 Å². The molecule has 0 spiro atoms. The van der Waals surface area contributed by atoms with E-state index in [4.69, 9.17) is 9.47 Å². The van der Waals surface area contributed by atoms with E-state index in [1.54, 1.807) is 18.2 Å². The number of benzene rings is 2. The van der Waals surface area contributed by atoms with E-state index in [0.717, 1.165) is 17.5 Å². The van der Waals surface area contributed by atoms with Gasteiger partial charge in [0.25, 0.3) is 10.0 Å². The van der Waals surface area contributed by atoms with Crippen LogP contribution in [0, 0.1) is 12.8 Å². The van der Waals surface area contributed by atoms with Gasteiger partial charge >= 0.3 is 5.97 Å². The second-order valence-electron chi connectivity index (χ2n) is 8.66. The molecule has 0 aliphatic carbocycles. The normalized spacial score (nSPS) is 16.4. The third-order valence-electron chi connectivity index (χ3n) is 5.89. The largest absolute Gasteiger partial charge is 0.486 e. The van der Waals surface area contributed by atoms with Crippen LogP contribution in [0.15, 0.2) is 52.9 Å². The van der Waals surface area contributed by atoms with E-state index in [-0.39, 0.29) is 23.8 Å². The first-order chi connectivity index (χ1) is 15.6. The fraction of sp³-hybridized carbons (Fsp3) is 0.423. The number of fused-ring (bicyclic) bond motifs is 1. The molecule has 0 unspecified atom stereocenters. The molecule has 1 heterocycles. The maximum absolute atomic E-state index is 13.7. The minimum absolute atomic E-state index is 0.123. The molecule has 2 aromatic rings. The van der Waals surface area contributed by atoms with E-state index in [1.807, 2.05) is 31.2 Å². The summed E-state index contributed by atoms with van der Waals surface area (Å²) in [7, 11) is -2.49. The van der Waals surface area contributed by atoms with Gasteiger partial charge in [0.05, 0.1) is 24.2 Å². The fourth-order valence-corrected chi connectivity index (χ4v) is 5.58. The van der Waals surface area contributed by atoms with Gasteiger partial charge in [-0.15, -0.1) is 0 Å². The Morgan fingerprint density at radius 3 is 2.64 bits per heavy atom. The van der Waals surface area contributed by atoms with Gasteiger partial charge in [-0.3, -0.25) is 9.10 Å². The van der Waals surface area contributed by atoms with Crippen LogP contribution in [0.3, 0.4) is 0 Å². The third kappa shape index (κ3) is 5.77. The highest BCUT2D eigenvalue weighted by atomic mass is 32.2. The van der Waals surface area contributed by atoms with Crippen molar-refractivity contribution in [3.05, 3.63) is 59.2 Å². The molecule has 0 saturated carbocycles. The molecule has 0 radical (unpaired) electrons. The predicted molar refractivity (Wildman–Crippen MR) is 131 cm³/mol. The number of sulfonamides is 1. The van der Waals surface area contributed by atoms with Crippen LogP contribution in [0.25, 0.3) is 6.08 Å². The van der Waals surface area contributed by atoms with Gasteiger partial charge < -0.3 is 9.47 Å². The van der Waals surface area contributed by atoms with Gasteiger partial charge in [-0.1, -0.05) is 50.6 Å². The number of hydrogen-bond donors (Lipinski definition) is 0. The van der Waals surface area contributed by atoms with Crippen LogP contribution in [-0.2, 0) is 19.6 Å². The lowest BCUT2D eigenvalue weighted by Crippen LogP contribution is -2.43. The number of anilines is 1. The predicted octanol–water partition coefficient (Wildman–Crippen LogP) is 5.35. The fourth-order valence-electron chi connectivity index (χ4n) is 3.97. The van der Waals surface area contributed by atoms with Gasteiger partial charge in [0, 0.05) is 6.42 Å². The number of ether oxygens (including phenoxy) is 2. The molecular weight excluding hydrogens is 438 g/mol. The summed E-state index contributed by atoms with van der Waals surface area (Å²) < 4.78 is 39.7. The highest BCUT2D eigenvalue weighted by molar-refractivity contribution is 7.92. The Kier molecular flexibility index (Phi) is 7.84. The Morgan fingerprint density at radius 1 is 1.24 bits per heavy atom. The summed E-state index contributed by atoms with van der Waals surface area (Å²) in [4.78, 5) is 11.9. The van der Waals surface area contributed by atoms with Crippen LogP contribution in [0.4, 0.5) is 5.69 Å². The van der Waals surface area contributed by atoms with Crippen LogP contribution in [0.5, 0.6) is 5.75 Å². The lowest BCUT2D eigenvalue weighted by Gasteiger charge is -2.35. The summed E-state index contributed by atoms with van der Waals surface area (Å²) >= 11 is 0. The van der Waals surface area contributed by atoms with Gasteiger partial charge in [0.2, 0.25) is 0 Å². The Morgan fingerprint density at radius 2 is 2.00 bits per heavy atom. The molecule has 0 saturated heterocycles. The monoisotopic (exact) mass is 471 g/mol. The minimum atomic E-state index is -3.83. The standard InChI is InChI=1S/C26H33NO5S/c1-6-21(18(2)3)15-20-10-12-25-24(16-20)27(17-22(32-25)11-13-26(28)31-5)33(29,30)23-9-7-8-19(4)14-23/h7-10,12,14-16,18,22H,6,11,13,17H2,1-5H3/b21-15+/t22-/m0/s1. The molecule has 3 rings (SSSR count). The number of esters is 1. The lowest BCUT2D eigenvalue weighted by molar-refractivity contribution is -0.141. The Labute approximate surface area is 197 Å². The number of methoxy groups -OCH3 is 1. The van der Waals surface area contributed by atoms with E-state index in [0.29, 0.717) is 23.8 Å². The van der Waals surface area contributed by atoms with Crippen molar-refractivity contribution >= 4 is 27.8 Å². The zero-order valence-electron chi connectivity index (χ0n) is 20.0. The SMILES string of the molecule is CC/C(=C\c1ccc2c(c1)N(S(=O)(=O)c1cccc(C)c1)C[C@H](CCC(=O)OC)O2)C(C)C. The molecule has 178 valence electrons. The summed E-state index contributed by atoms with van der Waals surface area (Å²) in [6.07, 6.45) is 3.10. The van der Waals surface area contributed by atoms with Gasteiger partial charge in [-0.05, 0) is 61.1 Å². The molecule has 0 fully saturated rings. The summed E-state index contributed by atoms with van der Waals surface area (Å²) in [5.41, 5.74) is 3.60. The Bertz CT molecular complexity index is 1140. The Hall–Kier alpha value is -2.80. The first kappa shape index (κ1) is 24.8. The van der Waals surface area contributed by atoms with Crippen molar-refractivity contribution in [3.63, 3.8) is 0 Å². The van der Waals surface area contributed by atoms with Crippen molar-refractivity contribution in [2.24, 2.45) is 5.92 Å². The molecule has 1 atom stereocenters. The second-order valence-corrected chi connectivity index (χ2v) is 10.5. The lowest BCUT2D eigenvalue weighted by atomic mass is 9.98. The number of aryl methyl sites for hydroxylation is 1. The van der Waals surface area contributed by atoms with Crippen LogP contribution >= 0.6 is 0 Å². The molecule has 0 N–H and O–H groups in total. The average molecular weight is 472 g/mol. The zero-order valence-corrected chi connectivity index (χ0v) is 20.8. The van der Waals surface area contributed by atoms with Crippen LogP contribution in [-0.4, -0.2) is 34.1 Å². The molecule has 0 aromatic heterocycles. The van der Waals surface area contributed by atoms with E-state index < -0.39 is 16.1 Å². The average Bonchev–Trinajstić information content (AvgIpc) is 2.80. The molecular formula is C26H33NO5S. The summed E-state index contributed by atoms with van der Waals surface area (Å²) in [6, 6.07) is 12.5. The first-order valence-electron chi connectivity index (χ1n) is 11.3.